The molecule has 1 unspecified atom stereocenters. The number of amides is 2. The number of anilines is 3. The highest BCUT2D eigenvalue weighted by Gasteiger charge is 2.41. The maximum Gasteiger partial charge on any atom is 0.258 e. The van der Waals surface area contributed by atoms with Gasteiger partial charge in [-0.3, -0.25) is 14.5 Å². The third-order valence-electron chi connectivity index (χ3n) is 8.18. The summed E-state index contributed by atoms with van der Waals surface area (Å²) in [5.74, 6) is 0.00902. The lowest BCUT2D eigenvalue weighted by Gasteiger charge is -2.41. The van der Waals surface area contributed by atoms with Crippen molar-refractivity contribution in [2.24, 2.45) is 5.41 Å². The zero-order valence-electron chi connectivity index (χ0n) is 22.3. The summed E-state index contributed by atoms with van der Waals surface area (Å²) in [6, 6.07) is 22.0. The van der Waals surface area contributed by atoms with Gasteiger partial charge in [-0.1, -0.05) is 48.0 Å². The van der Waals surface area contributed by atoms with Crippen LogP contribution in [-0.2, 0) is 9.53 Å². The van der Waals surface area contributed by atoms with Gasteiger partial charge in [0.2, 0.25) is 5.91 Å². The second-order valence-electron chi connectivity index (χ2n) is 10.8. The molecule has 3 aromatic carbocycles. The number of nitrogens with one attached hydrogen (secondary N) is 1. The highest BCUT2D eigenvalue weighted by atomic mass is 35.5. The molecule has 202 valence electrons. The quantitative estimate of drug-likeness (QED) is 0.478. The van der Waals surface area contributed by atoms with Gasteiger partial charge in [-0.15, -0.1) is 0 Å². The molecule has 2 saturated heterocycles. The fourth-order valence-electron chi connectivity index (χ4n) is 5.91. The Hall–Kier alpha value is -3.39. The van der Waals surface area contributed by atoms with Gasteiger partial charge in [-0.05, 0) is 55.3 Å². The first kappa shape index (κ1) is 25.9. The number of fused-ring (bicyclic) bond motifs is 2. The van der Waals surface area contributed by atoms with E-state index in [2.05, 4.69) is 39.4 Å². The molecule has 2 amide bonds. The van der Waals surface area contributed by atoms with Gasteiger partial charge in [-0.2, -0.15) is 0 Å². The second-order valence-corrected chi connectivity index (χ2v) is 11.2. The van der Waals surface area contributed by atoms with Crippen LogP contribution in [0, 0.1) is 5.41 Å². The number of halogens is 1. The van der Waals surface area contributed by atoms with Crippen molar-refractivity contribution in [3.63, 3.8) is 0 Å². The lowest BCUT2D eigenvalue weighted by Crippen LogP contribution is -2.49. The Morgan fingerprint density at radius 3 is 2.33 bits per heavy atom. The van der Waals surface area contributed by atoms with Gasteiger partial charge in [0.1, 0.15) is 0 Å². The van der Waals surface area contributed by atoms with Crippen LogP contribution < -0.4 is 15.1 Å². The highest BCUT2D eigenvalue weighted by molar-refractivity contribution is 6.33. The van der Waals surface area contributed by atoms with Crippen LogP contribution in [0.3, 0.4) is 0 Å². The molecule has 1 atom stereocenters. The summed E-state index contributed by atoms with van der Waals surface area (Å²) < 4.78 is 5.22. The summed E-state index contributed by atoms with van der Waals surface area (Å²) >= 11 is 6.72. The standard InChI is InChI=1S/C31H33ClN4O3/c1-3-36-26-11-7-6-10-24(26)28(22-8-4-5-9-23(22)29(36)37)35-16-14-34(15-17-35)27-13-12-21(18-25(27)32)33-30(38)31(2)19-39-20-31/h4-13,18,28H,3,14-17,19-20H2,1-2H3,(H,33,38). The van der Waals surface area contributed by atoms with Crippen LogP contribution in [0.4, 0.5) is 17.1 Å². The molecule has 3 aromatic rings. The van der Waals surface area contributed by atoms with Crippen LogP contribution in [0.1, 0.15) is 41.4 Å². The van der Waals surface area contributed by atoms with Crippen molar-refractivity contribution in [1.82, 2.24) is 4.90 Å². The molecular formula is C31H33ClN4O3. The first-order valence-electron chi connectivity index (χ1n) is 13.6. The molecule has 7 nitrogen and oxygen atoms in total. The van der Waals surface area contributed by atoms with Crippen molar-refractivity contribution in [3.8, 4) is 0 Å². The van der Waals surface area contributed by atoms with Crippen LogP contribution in [-0.4, -0.2) is 62.7 Å². The Balaban J connectivity index is 1.23. The molecule has 0 aromatic heterocycles. The number of hydrogen-bond donors (Lipinski definition) is 1. The van der Waals surface area contributed by atoms with Gasteiger partial charge < -0.3 is 19.9 Å². The van der Waals surface area contributed by atoms with Gasteiger partial charge in [-0.25, -0.2) is 0 Å². The monoisotopic (exact) mass is 544 g/mol. The molecule has 1 N–H and O–H groups in total. The van der Waals surface area contributed by atoms with E-state index in [1.54, 1.807) is 0 Å². The largest absolute Gasteiger partial charge is 0.379 e. The van der Waals surface area contributed by atoms with Crippen molar-refractivity contribution in [2.45, 2.75) is 19.9 Å². The van der Waals surface area contributed by atoms with Gasteiger partial charge in [0.05, 0.1) is 35.4 Å². The molecule has 39 heavy (non-hydrogen) atoms. The summed E-state index contributed by atoms with van der Waals surface area (Å²) in [7, 11) is 0. The number of carbonyl (C=O) groups excluding carboxylic acids is 2. The molecule has 0 spiro atoms. The number of rotatable bonds is 5. The van der Waals surface area contributed by atoms with Crippen LogP contribution in [0.2, 0.25) is 5.02 Å². The van der Waals surface area contributed by atoms with Crippen LogP contribution >= 0.6 is 11.6 Å². The van der Waals surface area contributed by atoms with Gasteiger partial charge >= 0.3 is 0 Å². The lowest BCUT2D eigenvalue weighted by atomic mass is 9.87. The van der Waals surface area contributed by atoms with E-state index in [9.17, 15) is 9.59 Å². The first-order chi connectivity index (χ1) is 18.9. The number of nitrogens with zero attached hydrogens (tertiary/aromatic N) is 3. The summed E-state index contributed by atoms with van der Waals surface area (Å²) in [6.45, 7) is 8.67. The van der Waals surface area contributed by atoms with E-state index in [4.69, 9.17) is 16.3 Å². The molecule has 0 aliphatic carbocycles. The summed E-state index contributed by atoms with van der Waals surface area (Å²) in [4.78, 5) is 32.8. The minimum Gasteiger partial charge on any atom is -0.379 e. The molecule has 8 heteroatoms. The molecule has 0 saturated carbocycles. The number of para-hydroxylation sites is 1. The van der Waals surface area contributed by atoms with Gasteiger partial charge in [0.25, 0.3) is 5.91 Å². The topological polar surface area (TPSA) is 65.1 Å². The molecule has 0 bridgehead atoms. The first-order valence-corrected chi connectivity index (χ1v) is 13.9. The maximum atomic E-state index is 13.6. The van der Waals surface area contributed by atoms with E-state index in [0.717, 1.165) is 54.2 Å². The van der Waals surface area contributed by atoms with E-state index in [0.29, 0.717) is 30.5 Å². The third-order valence-corrected chi connectivity index (χ3v) is 8.49. The van der Waals surface area contributed by atoms with E-state index < -0.39 is 5.41 Å². The van der Waals surface area contributed by atoms with E-state index in [1.165, 1.54) is 0 Å². The Morgan fingerprint density at radius 2 is 1.67 bits per heavy atom. The number of piperazine rings is 1. The van der Waals surface area contributed by atoms with Gasteiger partial charge in [0.15, 0.2) is 0 Å². The predicted molar refractivity (Wildman–Crippen MR) is 155 cm³/mol. The van der Waals surface area contributed by atoms with Crippen molar-refractivity contribution >= 4 is 40.5 Å². The second kappa shape index (κ2) is 10.3. The van der Waals surface area contributed by atoms with Crippen molar-refractivity contribution in [3.05, 3.63) is 88.4 Å². The summed E-state index contributed by atoms with van der Waals surface area (Å²) in [6.07, 6.45) is 0. The predicted octanol–water partition coefficient (Wildman–Crippen LogP) is 5.21. The molecular weight excluding hydrogens is 512 g/mol. The number of carbonyl (C=O) groups is 2. The molecule has 3 aliphatic rings. The molecule has 3 heterocycles. The molecule has 3 aliphatic heterocycles. The minimum absolute atomic E-state index is 0.00930. The van der Waals surface area contributed by atoms with Crippen molar-refractivity contribution < 1.29 is 14.3 Å². The van der Waals surface area contributed by atoms with E-state index in [-0.39, 0.29) is 17.9 Å². The van der Waals surface area contributed by atoms with Crippen LogP contribution in [0.25, 0.3) is 0 Å². The van der Waals surface area contributed by atoms with E-state index >= 15 is 0 Å². The number of hydrogen-bond acceptors (Lipinski definition) is 5. The van der Waals surface area contributed by atoms with Crippen molar-refractivity contribution in [1.29, 1.82) is 0 Å². The molecule has 6 rings (SSSR count). The Kier molecular flexibility index (Phi) is 6.83. The third kappa shape index (κ3) is 4.58. The Morgan fingerprint density at radius 1 is 0.974 bits per heavy atom. The average molecular weight is 545 g/mol. The van der Waals surface area contributed by atoms with Crippen LogP contribution in [0.15, 0.2) is 66.7 Å². The van der Waals surface area contributed by atoms with Gasteiger partial charge in [0, 0.05) is 49.7 Å². The average Bonchev–Trinajstić information content (AvgIpc) is 3.04. The van der Waals surface area contributed by atoms with E-state index in [1.807, 2.05) is 61.2 Å². The zero-order valence-corrected chi connectivity index (χ0v) is 23.1. The number of benzene rings is 3. The number of ether oxygens (including phenoxy) is 1. The zero-order chi connectivity index (χ0) is 27.1. The Bertz CT molecular complexity index is 1410. The Labute approximate surface area is 234 Å². The normalized spacial score (nSPS) is 20.5. The smallest absolute Gasteiger partial charge is 0.258 e. The van der Waals surface area contributed by atoms with Crippen molar-refractivity contribution in [2.75, 3.05) is 61.1 Å². The maximum absolute atomic E-state index is 13.6. The summed E-state index contributed by atoms with van der Waals surface area (Å²) in [5, 5.41) is 3.60. The SMILES string of the molecule is CCN1C(=O)c2ccccc2C(N2CCN(c3ccc(NC(=O)C4(C)COC4)cc3Cl)CC2)c2ccccc21. The molecule has 2 fully saturated rings. The molecule has 0 radical (unpaired) electrons. The minimum atomic E-state index is -0.477. The summed E-state index contributed by atoms with van der Waals surface area (Å²) in [5.41, 5.74) is 5.15. The lowest BCUT2D eigenvalue weighted by molar-refractivity contribution is -0.151. The highest BCUT2D eigenvalue weighted by Crippen LogP contribution is 2.41. The fourth-order valence-corrected chi connectivity index (χ4v) is 6.21. The fraction of sp³-hybridized carbons (Fsp3) is 0.355. The van der Waals surface area contributed by atoms with Crippen LogP contribution in [0.5, 0.6) is 0 Å².